The lowest BCUT2D eigenvalue weighted by atomic mass is 9.77. The average Bonchev–Trinajstić information content (AvgIpc) is 3.14. The number of carboxylic acid groups (broad SMARTS) is 1. The number of likely N-dealkylation sites (N-methyl/N-ethyl adjacent to an activating group) is 2. The van der Waals surface area contributed by atoms with Crippen molar-refractivity contribution in [3.8, 4) is 0 Å². The number of cyclic esters (lactones) is 1. The van der Waals surface area contributed by atoms with Crippen LogP contribution in [0.1, 0.15) is 124 Å². The fourth-order valence-electron chi connectivity index (χ4n) is 13.1. The van der Waals surface area contributed by atoms with E-state index in [4.69, 9.17) is 63.7 Å². The van der Waals surface area contributed by atoms with Gasteiger partial charge in [0.15, 0.2) is 24.3 Å². The molecule has 4 aliphatic heterocycles. The number of esters is 1. The van der Waals surface area contributed by atoms with Gasteiger partial charge in [-0.05, 0) is 120 Å². The predicted molar refractivity (Wildman–Crippen MR) is 312 cm³/mol. The van der Waals surface area contributed by atoms with Gasteiger partial charge in [0.1, 0.15) is 23.9 Å². The molecule has 0 unspecified atom stereocenters. The Morgan fingerprint density at radius 3 is 2.23 bits per heavy atom. The highest BCUT2D eigenvalue weighted by Gasteiger charge is 2.58. The number of benzene rings is 1. The smallest absolute Gasteiger partial charge is 0.477 e. The standard InChI is InChI=1S/C60H96ClN5O18/c1-15-46-60(10)52(83-57(72)84-60)37(6)65(13)31-33(2)29-58(8,73)51(82-56-49(68)45(64(11)12)26-34(3)78-56)35(4)50(36(5)55(71)80-46)81-47-30-59(9,74-14)53(38(7)79-47)77-23-19-62-18-21-75-24-25-76-22-20-63-43-27-40-44(28-42(43)61)66(39-16-17-39)32-41(48(40)67)54(69)70/h27-28,32-39,45-47,49-53,56,62-63,68,73H,15-26,29-31H2,1-14H3,(H,69,70)/t33-,34-,35+,36-,37-,38+,45+,46-,47+,49-,50+,51+,52-,53+,56+,58-,59-,60-/m1/s1. The van der Waals surface area contributed by atoms with Crippen molar-refractivity contribution in [2.24, 2.45) is 17.8 Å². The van der Waals surface area contributed by atoms with Gasteiger partial charge < -0.3 is 87.5 Å². The first-order chi connectivity index (χ1) is 39.6. The highest BCUT2D eigenvalue weighted by Crippen LogP contribution is 2.43. The van der Waals surface area contributed by atoms with E-state index < -0.39 is 107 Å². The van der Waals surface area contributed by atoms with E-state index in [1.54, 1.807) is 40.0 Å². The van der Waals surface area contributed by atoms with Gasteiger partial charge in [-0.1, -0.05) is 32.4 Å². The van der Waals surface area contributed by atoms with Crippen molar-refractivity contribution >= 4 is 46.3 Å². The zero-order chi connectivity index (χ0) is 61.6. The number of hydrogen-bond acceptors (Lipinski definition) is 21. The van der Waals surface area contributed by atoms with Crippen molar-refractivity contribution in [1.29, 1.82) is 0 Å². The number of aromatic nitrogens is 1. The number of carbonyl (C=O) groups excluding carboxylic acids is 2. The highest BCUT2D eigenvalue weighted by atomic mass is 35.5. The van der Waals surface area contributed by atoms with Gasteiger partial charge in [-0.15, -0.1) is 0 Å². The fourth-order valence-corrected chi connectivity index (χ4v) is 13.3. The van der Waals surface area contributed by atoms with E-state index in [1.165, 1.54) is 6.20 Å². The number of rotatable bonds is 23. The molecule has 5 fully saturated rings. The second kappa shape index (κ2) is 29.0. The number of hydrogen-bond donors (Lipinski definition) is 5. The van der Waals surface area contributed by atoms with Crippen LogP contribution in [0, 0.1) is 17.8 Å². The molecular weight excluding hydrogens is 1110 g/mol. The molecule has 4 saturated heterocycles. The Morgan fingerprint density at radius 1 is 0.905 bits per heavy atom. The van der Waals surface area contributed by atoms with Crippen LogP contribution in [0.4, 0.5) is 10.5 Å². The SMILES string of the molecule is CC[C@H]1OC(=O)[C@H](C)[C@@H](O[C@H]2C[C@@](C)(OC)[C@@H](OCCNCCOCCOCCNc3cc4c(=O)c(C(=O)O)cn(C5CC5)c4cc3Cl)[C@H](C)O2)[C@H](C)[C@H](O[C@@H]2O[C@H](C)C[C@H](N(C)C)[C@H]2O)[C@](C)(O)C[C@@H](C)CN(C)[C@H](C)[C@H]2OC(=O)O[C@@]21C. The molecule has 84 heavy (non-hydrogen) atoms. The van der Waals surface area contributed by atoms with Gasteiger partial charge in [-0.2, -0.15) is 0 Å². The zero-order valence-electron chi connectivity index (χ0n) is 51.8. The minimum Gasteiger partial charge on any atom is -0.477 e. The van der Waals surface area contributed by atoms with Crippen molar-refractivity contribution in [1.82, 2.24) is 19.7 Å². The molecule has 0 spiro atoms. The lowest BCUT2D eigenvalue weighted by Gasteiger charge is -2.49. The van der Waals surface area contributed by atoms with Gasteiger partial charge in [0.05, 0.1) is 90.8 Å². The second-order valence-electron chi connectivity index (χ2n) is 25.0. The molecule has 23 nitrogen and oxygen atoms in total. The van der Waals surface area contributed by atoms with Crippen molar-refractivity contribution in [3.63, 3.8) is 0 Å². The molecule has 18 atom stereocenters. The lowest BCUT2D eigenvalue weighted by molar-refractivity contribution is -0.320. The third-order valence-electron chi connectivity index (χ3n) is 17.9. The maximum Gasteiger partial charge on any atom is 0.509 e. The molecular formula is C60H96ClN5O18. The zero-order valence-corrected chi connectivity index (χ0v) is 52.5. The van der Waals surface area contributed by atoms with Crippen molar-refractivity contribution < 1.29 is 81.8 Å². The molecule has 5 aliphatic rings. The lowest BCUT2D eigenvalue weighted by Crippen LogP contribution is -2.61. The van der Waals surface area contributed by atoms with E-state index in [9.17, 15) is 34.5 Å². The van der Waals surface area contributed by atoms with Crippen LogP contribution in [0.3, 0.4) is 0 Å². The normalized spacial score (nSPS) is 36.6. The topological polar surface area (TPSA) is 266 Å². The highest BCUT2D eigenvalue weighted by molar-refractivity contribution is 6.34. The number of aliphatic hydroxyl groups is 2. The number of anilines is 1. The van der Waals surface area contributed by atoms with Crippen LogP contribution in [0.15, 0.2) is 23.1 Å². The third kappa shape index (κ3) is 15.9. The minimum absolute atomic E-state index is 0.150. The Balaban J connectivity index is 0.952. The van der Waals surface area contributed by atoms with E-state index in [-0.39, 0.29) is 48.6 Å². The molecule has 2 aromatic rings. The molecule has 1 aliphatic carbocycles. The summed E-state index contributed by atoms with van der Waals surface area (Å²) in [5, 5.41) is 41.6. The summed E-state index contributed by atoms with van der Waals surface area (Å²) >= 11 is 6.59. The third-order valence-corrected chi connectivity index (χ3v) is 18.2. The molecule has 0 amide bonds. The van der Waals surface area contributed by atoms with Gasteiger partial charge in [0.25, 0.3) is 0 Å². The van der Waals surface area contributed by atoms with E-state index in [1.807, 2.05) is 79.1 Å². The number of carboxylic acids is 1. The first-order valence-corrected chi connectivity index (χ1v) is 30.4. The van der Waals surface area contributed by atoms with E-state index in [0.29, 0.717) is 93.7 Å². The van der Waals surface area contributed by atoms with Crippen LogP contribution >= 0.6 is 11.6 Å². The summed E-state index contributed by atoms with van der Waals surface area (Å²) < 4.78 is 71.1. The van der Waals surface area contributed by atoms with Gasteiger partial charge >= 0.3 is 18.1 Å². The molecule has 24 heteroatoms. The Morgan fingerprint density at radius 2 is 1.58 bits per heavy atom. The number of ether oxygens (including phenoxy) is 11. The molecule has 5 N–H and O–H groups in total. The Bertz CT molecular complexity index is 2590. The quantitative estimate of drug-likeness (QED) is 0.0646. The Labute approximate surface area is 499 Å². The summed E-state index contributed by atoms with van der Waals surface area (Å²) in [7, 11) is 7.31. The van der Waals surface area contributed by atoms with Crippen molar-refractivity contribution in [2.45, 2.75) is 204 Å². The summed E-state index contributed by atoms with van der Waals surface area (Å²) in [6.45, 7) is 22.3. The van der Waals surface area contributed by atoms with E-state index in [2.05, 4.69) is 15.5 Å². The number of aliphatic hydroxyl groups excluding tert-OH is 1. The summed E-state index contributed by atoms with van der Waals surface area (Å²) in [5.74, 6) is -3.85. The largest absolute Gasteiger partial charge is 0.509 e. The second-order valence-corrected chi connectivity index (χ2v) is 25.4. The first-order valence-electron chi connectivity index (χ1n) is 30.0. The summed E-state index contributed by atoms with van der Waals surface area (Å²) in [6, 6.07) is 2.78. The Hall–Kier alpha value is -3.79. The number of nitrogens with zero attached hydrogens (tertiary/aromatic N) is 3. The summed E-state index contributed by atoms with van der Waals surface area (Å²) in [6.07, 6.45) is -4.68. The maximum absolute atomic E-state index is 14.8. The average molecular weight is 1210 g/mol. The van der Waals surface area contributed by atoms with Crippen LogP contribution in [0.25, 0.3) is 10.9 Å². The number of carbonyl (C=O) groups is 3. The number of halogens is 1. The van der Waals surface area contributed by atoms with E-state index >= 15 is 0 Å². The Kier molecular flexibility index (Phi) is 23.4. The monoisotopic (exact) mass is 1210 g/mol. The molecule has 0 radical (unpaired) electrons. The van der Waals surface area contributed by atoms with Gasteiger partial charge in [-0.25, -0.2) is 9.59 Å². The van der Waals surface area contributed by atoms with Crippen LogP contribution in [0.5, 0.6) is 0 Å². The first kappa shape index (κ1) is 67.7. The molecule has 1 aromatic heterocycles. The van der Waals surface area contributed by atoms with Crippen LogP contribution in [-0.2, 0) is 56.9 Å². The molecule has 476 valence electrons. The van der Waals surface area contributed by atoms with Gasteiger partial charge in [0, 0.05) is 75.3 Å². The molecule has 1 aromatic carbocycles. The van der Waals surface area contributed by atoms with Crippen molar-refractivity contribution in [3.05, 3.63) is 39.1 Å². The summed E-state index contributed by atoms with van der Waals surface area (Å²) in [4.78, 5) is 56.6. The van der Waals surface area contributed by atoms with Crippen LogP contribution in [-0.4, -0.2) is 226 Å². The summed E-state index contributed by atoms with van der Waals surface area (Å²) in [5.41, 5.74) is -3.55. The molecule has 7 rings (SSSR count). The van der Waals surface area contributed by atoms with E-state index in [0.717, 1.165) is 12.8 Å². The number of aromatic carboxylic acids is 1. The van der Waals surface area contributed by atoms with Crippen molar-refractivity contribution in [2.75, 3.05) is 92.8 Å². The number of nitrogens with one attached hydrogen (secondary N) is 2. The van der Waals surface area contributed by atoms with Crippen LogP contribution in [0.2, 0.25) is 5.02 Å². The molecule has 0 bridgehead atoms. The maximum atomic E-state index is 14.8. The van der Waals surface area contributed by atoms with Gasteiger partial charge in [0.2, 0.25) is 5.43 Å². The molecule has 1 saturated carbocycles. The fraction of sp³-hybridized carbons (Fsp3) is 0.800. The predicted octanol–water partition coefficient (Wildman–Crippen LogP) is 5.84. The number of fused-ring (bicyclic) bond motifs is 2. The van der Waals surface area contributed by atoms with Gasteiger partial charge in [-0.3, -0.25) is 14.5 Å². The van der Waals surface area contributed by atoms with Crippen LogP contribution < -0.4 is 16.1 Å². The number of methoxy groups -OCH3 is 1. The minimum atomic E-state index is -1.59. The molecule has 5 heterocycles. The number of pyridine rings is 1.